The number of rotatable bonds is 5. The van der Waals surface area contributed by atoms with E-state index in [9.17, 15) is 4.79 Å². The van der Waals surface area contributed by atoms with Gasteiger partial charge in [0.15, 0.2) is 0 Å². The molecule has 2 atom stereocenters. The maximum Gasteiger partial charge on any atom is 0.224 e. The quantitative estimate of drug-likeness (QED) is 0.754. The van der Waals surface area contributed by atoms with E-state index in [0.29, 0.717) is 19.6 Å². The van der Waals surface area contributed by atoms with Crippen LogP contribution >= 0.6 is 0 Å². The normalized spacial score (nSPS) is 19.5. The van der Waals surface area contributed by atoms with Crippen LogP contribution in [0.3, 0.4) is 0 Å². The van der Waals surface area contributed by atoms with Crippen LogP contribution < -0.4 is 5.32 Å². The molecule has 4 rings (SSSR count). The van der Waals surface area contributed by atoms with Gasteiger partial charge in [-0.05, 0) is 55.2 Å². The molecule has 1 saturated heterocycles. The van der Waals surface area contributed by atoms with Crippen molar-refractivity contribution < 1.29 is 13.9 Å². The molecule has 1 N–H and O–H groups in total. The van der Waals surface area contributed by atoms with Crippen molar-refractivity contribution in [1.82, 2.24) is 10.3 Å². The average Bonchev–Trinajstić information content (AvgIpc) is 3.23. The summed E-state index contributed by atoms with van der Waals surface area (Å²) in [4.78, 5) is 16.7. The molecule has 3 heterocycles. The molecule has 140 valence electrons. The molecule has 5 nitrogen and oxygen atoms in total. The van der Waals surface area contributed by atoms with Gasteiger partial charge in [-0.1, -0.05) is 6.07 Å². The van der Waals surface area contributed by atoms with Gasteiger partial charge >= 0.3 is 0 Å². The van der Waals surface area contributed by atoms with Gasteiger partial charge in [0, 0.05) is 29.3 Å². The molecule has 0 bridgehead atoms. The van der Waals surface area contributed by atoms with Crippen molar-refractivity contribution in [2.45, 2.75) is 32.7 Å². The van der Waals surface area contributed by atoms with Gasteiger partial charge in [0.05, 0.1) is 31.9 Å². The largest absolute Gasteiger partial charge is 0.464 e. The van der Waals surface area contributed by atoms with Crippen molar-refractivity contribution >= 4 is 16.9 Å². The molecule has 27 heavy (non-hydrogen) atoms. The Hall–Kier alpha value is -2.66. The number of carbonyl (C=O) groups excluding carboxylic acids is 1. The molecule has 0 spiro atoms. The highest BCUT2D eigenvalue weighted by Gasteiger charge is 2.29. The topological polar surface area (TPSA) is 64.4 Å². The minimum Gasteiger partial charge on any atom is -0.464 e. The fourth-order valence-electron chi connectivity index (χ4n) is 3.97. The summed E-state index contributed by atoms with van der Waals surface area (Å²) < 4.78 is 11.3. The number of ether oxygens (including phenoxy) is 1. The number of pyridine rings is 1. The predicted molar refractivity (Wildman–Crippen MR) is 104 cm³/mol. The minimum absolute atomic E-state index is 0.00732. The van der Waals surface area contributed by atoms with Crippen molar-refractivity contribution in [2.75, 3.05) is 13.2 Å². The Kier molecular flexibility index (Phi) is 4.94. The van der Waals surface area contributed by atoms with Crippen LogP contribution in [-0.2, 0) is 22.4 Å². The Balaban J connectivity index is 1.43. The summed E-state index contributed by atoms with van der Waals surface area (Å²) in [6.07, 6.45) is 6.49. The Morgan fingerprint density at radius 3 is 2.85 bits per heavy atom. The van der Waals surface area contributed by atoms with E-state index < -0.39 is 0 Å². The highest BCUT2D eigenvalue weighted by atomic mass is 16.5. The highest BCUT2D eigenvalue weighted by Crippen LogP contribution is 2.27. The van der Waals surface area contributed by atoms with E-state index in [2.05, 4.69) is 23.3 Å². The van der Waals surface area contributed by atoms with E-state index in [1.165, 1.54) is 5.56 Å². The fourth-order valence-corrected chi connectivity index (χ4v) is 3.97. The van der Waals surface area contributed by atoms with Gasteiger partial charge in [-0.15, -0.1) is 0 Å². The lowest BCUT2D eigenvalue weighted by molar-refractivity contribution is -0.121. The number of fused-ring (bicyclic) bond motifs is 1. The van der Waals surface area contributed by atoms with Crippen LogP contribution in [0.2, 0.25) is 0 Å². The molecule has 2 aromatic heterocycles. The van der Waals surface area contributed by atoms with Gasteiger partial charge < -0.3 is 14.5 Å². The van der Waals surface area contributed by atoms with Crippen LogP contribution in [0.4, 0.5) is 0 Å². The number of nitrogens with zero attached hydrogens (tertiary/aromatic N) is 1. The number of hydrogen-bond acceptors (Lipinski definition) is 4. The summed E-state index contributed by atoms with van der Waals surface area (Å²) >= 11 is 0. The molecule has 1 aliphatic rings. The number of carbonyl (C=O) groups is 1. The molecule has 1 amide bonds. The number of aromatic nitrogens is 1. The van der Waals surface area contributed by atoms with E-state index in [4.69, 9.17) is 9.15 Å². The first kappa shape index (κ1) is 17.7. The Bertz CT molecular complexity index is 949. The number of benzene rings is 1. The molecule has 0 unspecified atom stereocenters. The third-order valence-corrected chi connectivity index (χ3v) is 5.24. The first-order chi connectivity index (χ1) is 13.1. The van der Waals surface area contributed by atoms with Crippen molar-refractivity contribution in [3.05, 3.63) is 65.2 Å². The number of furan rings is 1. The first-order valence-corrected chi connectivity index (χ1v) is 9.33. The molecule has 5 heteroatoms. The van der Waals surface area contributed by atoms with Crippen molar-refractivity contribution in [3.63, 3.8) is 0 Å². The maximum atomic E-state index is 12.7. The second-order valence-corrected chi connectivity index (χ2v) is 7.42. The van der Waals surface area contributed by atoms with Crippen LogP contribution in [0.5, 0.6) is 0 Å². The monoisotopic (exact) mass is 364 g/mol. The lowest BCUT2D eigenvalue weighted by Gasteiger charge is -2.19. The zero-order chi connectivity index (χ0) is 18.8. The fraction of sp³-hybridized carbons (Fsp3) is 0.364. The Morgan fingerprint density at radius 1 is 1.22 bits per heavy atom. The molecule has 0 radical (unpaired) electrons. The van der Waals surface area contributed by atoms with Crippen LogP contribution in [0, 0.1) is 19.8 Å². The summed E-state index contributed by atoms with van der Waals surface area (Å²) in [6.45, 7) is 5.33. The molecule has 1 aromatic carbocycles. The summed E-state index contributed by atoms with van der Waals surface area (Å²) in [5.41, 5.74) is 5.29. The lowest BCUT2D eigenvalue weighted by atomic mass is 9.95. The summed E-state index contributed by atoms with van der Waals surface area (Å²) in [6, 6.07) is 8.19. The average molecular weight is 364 g/mol. The number of aryl methyl sites for hydroxylation is 2. The molecule has 1 aliphatic heterocycles. The zero-order valence-electron chi connectivity index (χ0n) is 15.7. The van der Waals surface area contributed by atoms with E-state index in [1.807, 2.05) is 25.1 Å². The molecular formula is C22H24N2O3. The highest BCUT2D eigenvalue weighted by molar-refractivity contribution is 5.90. The van der Waals surface area contributed by atoms with Gasteiger partial charge in [-0.25, -0.2) is 0 Å². The number of nitrogens with one attached hydrogen (secondary N) is 1. The number of amides is 1. The number of hydrogen-bond donors (Lipinski definition) is 1. The maximum absolute atomic E-state index is 12.7. The van der Waals surface area contributed by atoms with Gasteiger partial charge in [-0.2, -0.15) is 0 Å². The molecule has 0 aliphatic carbocycles. The van der Waals surface area contributed by atoms with Crippen LogP contribution in [0.25, 0.3) is 11.0 Å². The van der Waals surface area contributed by atoms with Gasteiger partial charge in [-0.3, -0.25) is 9.78 Å². The van der Waals surface area contributed by atoms with E-state index >= 15 is 0 Å². The first-order valence-electron chi connectivity index (χ1n) is 9.33. The molecule has 3 aromatic rings. The molecule has 1 fully saturated rings. The predicted octanol–water partition coefficient (Wildman–Crippen LogP) is 3.36. The van der Waals surface area contributed by atoms with Gasteiger partial charge in [0.2, 0.25) is 5.91 Å². The van der Waals surface area contributed by atoms with Gasteiger partial charge in [0.1, 0.15) is 5.58 Å². The minimum atomic E-state index is 0.00732. The van der Waals surface area contributed by atoms with E-state index in [1.54, 1.807) is 18.7 Å². The van der Waals surface area contributed by atoms with Crippen molar-refractivity contribution in [3.8, 4) is 0 Å². The second-order valence-electron chi connectivity index (χ2n) is 7.42. The van der Waals surface area contributed by atoms with Crippen LogP contribution in [-0.4, -0.2) is 30.1 Å². The van der Waals surface area contributed by atoms with Crippen LogP contribution in [0.1, 0.15) is 22.3 Å². The van der Waals surface area contributed by atoms with Crippen LogP contribution in [0.15, 0.2) is 47.3 Å². The van der Waals surface area contributed by atoms with Crippen molar-refractivity contribution in [1.29, 1.82) is 0 Å². The molecular weight excluding hydrogens is 340 g/mol. The zero-order valence-corrected chi connectivity index (χ0v) is 15.7. The lowest BCUT2D eigenvalue weighted by Crippen LogP contribution is -2.41. The SMILES string of the molecule is Cc1cc(C)c2c(CC(=O)N[C@@H]3COC[C@H]3Cc3ccncc3)coc2c1. The Morgan fingerprint density at radius 2 is 2.04 bits per heavy atom. The standard InChI is InChI=1S/C22H24N2O3/c1-14-7-15(2)22-18(12-27-20(22)8-14)10-21(25)24-19-13-26-11-17(19)9-16-3-5-23-6-4-16/h3-8,12,17,19H,9-11,13H2,1-2H3,(H,24,25)/t17-,19-/m1/s1. The van der Waals surface area contributed by atoms with E-state index in [0.717, 1.165) is 34.1 Å². The molecule has 0 saturated carbocycles. The smallest absolute Gasteiger partial charge is 0.224 e. The summed E-state index contributed by atoms with van der Waals surface area (Å²) in [5, 5.41) is 4.21. The second kappa shape index (κ2) is 7.53. The third kappa shape index (κ3) is 3.88. The van der Waals surface area contributed by atoms with E-state index in [-0.39, 0.29) is 17.9 Å². The third-order valence-electron chi connectivity index (χ3n) is 5.24. The van der Waals surface area contributed by atoms with Crippen molar-refractivity contribution in [2.24, 2.45) is 5.92 Å². The Labute approximate surface area is 158 Å². The summed E-state index contributed by atoms with van der Waals surface area (Å²) in [7, 11) is 0. The summed E-state index contributed by atoms with van der Waals surface area (Å²) in [5.74, 6) is 0.287. The van der Waals surface area contributed by atoms with Gasteiger partial charge in [0.25, 0.3) is 0 Å².